The van der Waals surface area contributed by atoms with Crippen molar-refractivity contribution in [3.8, 4) is 0 Å². The van der Waals surface area contributed by atoms with E-state index in [9.17, 15) is 8.42 Å². The molecule has 0 spiro atoms. The fourth-order valence-corrected chi connectivity index (χ4v) is 3.62. The summed E-state index contributed by atoms with van der Waals surface area (Å²) in [6.07, 6.45) is 1.59. The summed E-state index contributed by atoms with van der Waals surface area (Å²) in [6.45, 7) is 1.84. The number of pyridine rings is 1. The maximum atomic E-state index is 12.4. The highest BCUT2D eigenvalue weighted by Crippen LogP contribution is 2.25. The number of benzene rings is 1. The first kappa shape index (κ1) is 14.0. The van der Waals surface area contributed by atoms with E-state index in [1.54, 1.807) is 24.4 Å². The van der Waals surface area contributed by atoms with Crippen molar-refractivity contribution in [2.24, 2.45) is 0 Å². The van der Waals surface area contributed by atoms with Crippen LogP contribution in [0.1, 0.15) is 11.3 Å². The minimum atomic E-state index is -3.49. The summed E-state index contributed by atoms with van der Waals surface area (Å²) in [4.78, 5) is 4.25. The van der Waals surface area contributed by atoms with Gasteiger partial charge in [0.05, 0.1) is 22.0 Å². The first-order chi connectivity index (χ1) is 8.90. The van der Waals surface area contributed by atoms with Crippen molar-refractivity contribution < 1.29 is 8.42 Å². The lowest BCUT2D eigenvalue weighted by Gasteiger charge is -2.09. The number of anilines is 1. The molecule has 0 atom stereocenters. The van der Waals surface area contributed by atoms with Gasteiger partial charge in [0.15, 0.2) is 9.84 Å². The zero-order valence-electron chi connectivity index (χ0n) is 10.3. The Morgan fingerprint density at radius 2 is 2.05 bits per heavy atom. The molecule has 1 aromatic carbocycles. The van der Waals surface area contributed by atoms with E-state index in [0.29, 0.717) is 5.69 Å². The number of halogens is 1. The van der Waals surface area contributed by atoms with Gasteiger partial charge in [0.1, 0.15) is 0 Å². The van der Waals surface area contributed by atoms with E-state index in [1.165, 1.54) is 6.07 Å². The van der Waals surface area contributed by atoms with E-state index >= 15 is 0 Å². The SMILES string of the molecule is Cc1cccnc1CS(=O)(=O)c1ccc(Br)cc1N. The number of nitrogens with two attached hydrogens (primary N) is 1. The van der Waals surface area contributed by atoms with Crippen molar-refractivity contribution >= 4 is 31.5 Å². The Kier molecular flexibility index (Phi) is 3.91. The summed E-state index contributed by atoms with van der Waals surface area (Å²) >= 11 is 3.25. The molecule has 1 aromatic heterocycles. The summed E-state index contributed by atoms with van der Waals surface area (Å²) in [5.41, 5.74) is 7.40. The second-order valence-corrected chi connectivity index (χ2v) is 7.08. The molecular formula is C13H13BrN2O2S. The van der Waals surface area contributed by atoms with Crippen molar-refractivity contribution in [2.45, 2.75) is 17.6 Å². The molecule has 0 amide bonds. The number of aryl methyl sites for hydroxylation is 1. The fourth-order valence-electron chi connectivity index (χ4n) is 1.73. The smallest absolute Gasteiger partial charge is 0.186 e. The van der Waals surface area contributed by atoms with Crippen LogP contribution >= 0.6 is 15.9 Å². The minimum absolute atomic E-state index is 0.140. The van der Waals surface area contributed by atoms with Crippen LogP contribution in [0.2, 0.25) is 0 Å². The lowest BCUT2D eigenvalue weighted by Crippen LogP contribution is -2.10. The fraction of sp³-hybridized carbons (Fsp3) is 0.154. The molecule has 0 radical (unpaired) electrons. The lowest BCUT2D eigenvalue weighted by molar-refractivity contribution is 0.595. The molecule has 19 heavy (non-hydrogen) atoms. The quantitative estimate of drug-likeness (QED) is 0.872. The first-order valence-electron chi connectivity index (χ1n) is 5.58. The summed E-state index contributed by atoms with van der Waals surface area (Å²) < 4.78 is 25.4. The molecule has 2 rings (SSSR count). The molecule has 0 aliphatic rings. The van der Waals surface area contributed by atoms with E-state index in [2.05, 4.69) is 20.9 Å². The molecule has 100 valence electrons. The number of hydrogen-bond donors (Lipinski definition) is 1. The highest BCUT2D eigenvalue weighted by molar-refractivity contribution is 9.10. The summed E-state index contributed by atoms with van der Waals surface area (Å²) in [5.74, 6) is -0.147. The van der Waals surface area contributed by atoms with Crippen LogP contribution in [0, 0.1) is 6.92 Å². The van der Waals surface area contributed by atoms with E-state index < -0.39 is 9.84 Å². The Balaban J connectivity index is 2.41. The Hall–Kier alpha value is -1.40. The predicted octanol–water partition coefficient (Wildman–Crippen LogP) is 2.71. The van der Waals surface area contributed by atoms with Gasteiger partial charge in [-0.25, -0.2) is 8.42 Å². The van der Waals surface area contributed by atoms with Gasteiger partial charge >= 0.3 is 0 Å². The summed E-state index contributed by atoms with van der Waals surface area (Å²) in [5, 5.41) is 0. The van der Waals surface area contributed by atoms with Crippen molar-refractivity contribution in [2.75, 3.05) is 5.73 Å². The summed E-state index contributed by atoms with van der Waals surface area (Å²) in [6, 6.07) is 8.36. The van der Waals surface area contributed by atoms with Gasteiger partial charge in [-0.3, -0.25) is 4.98 Å². The van der Waals surface area contributed by atoms with Gasteiger partial charge in [0.25, 0.3) is 0 Å². The molecule has 0 saturated heterocycles. The van der Waals surface area contributed by atoms with Crippen LogP contribution in [-0.2, 0) is 15.6 Å². The highest BCUT2D eigenvalue weighted by Gasteiger charge is 2.20. The van der Waals surface area contributed by atoms with Gasteiger partial charge in [-0.15, -0.1) is 0 Å². The molecule has 0 aliphatic heterocycles. The van der Waals surface area contributed by atoms with E-state index in [1.807, 2.05) is 13.0 Å². The molecule has 0 saturated carbocycles. The molecule has 1 heterocycles. The van der Waals surface area contributed by atoms with Crippen LogP contribution in [0.15, 0.2) is 45.9 Å². The molecule has 4 nitrogen and oxygen atoms in total. The van der Waals surface area contributed by atoms with Crippen LogP contribution in [0.5, 0.6) is 0 Å². The average molecular weight is 341 g/mol. The Bertz CT molecular complexity index is 714. The van der Waals surface area contributed by atoms with E-state index in [4.69, 9.17) is 5.73 Å². The Morgan fingerprint density at radius 1 is 1.32 bits per heavy atom. The average Bonchev–Trinajstić information content (AvgIpc) is 2.31. The highest BCUT2D eigenvalue weighted by atomic mass is 79.9. The second-order valence-electron chi connectivity index (χ2n) is 4.21. The first-order valence-corrected chi connectivity index (χ1v) is 8.03. The van der Waals surface area contributed by atoms with Gasteiger partial charge in [-0.1, -0.05) is 22.0 Å². The number of nitrogen functional groups attached to an aromatic ring is 1. The molecule has 2 N–H and O–H groups in total. The molecule has 0 aliphatic carbocycles. The third-order valence-electron chi connectivity index (χ3n) is 2.75. The van der Waals surface area contributed by atoms with Gasteiger partial charge in [-0.05, 0) is 36.8 Å². The number of aromatic nitrogens is 1. The molecule has 2 aromatic rings. The van der Waals surface area contributed by atoms with Crippen LogP contribution in [0.4, 0.5) is 5.69 Å². The lowest BCUT2D eigenvalue weighted by atomic mass is 10.2. The van der Waals surface area contributed by atoms with Crippen molar-refractivity contribution in [3.05, 3.63) is 52.3 Å². The third-order valence-corrected chi connectivity index (χ3v) is 4.94. The Labute approximate surface area is 120 Å². The van der Waals surface area contributed by atoms with Gasteiger partial charge < -0.3 is 5.73 Å². The molecular weight excluding hydrogens is 328 g/mol. The van der Waals surface area contributed by atoms with Crippen molar-refractivity contribution in [3.63, 3.8) is 0 Å². The van der Waals surface area contributed by atoms with E-state index in [0.717, 1.165) is 10.0 Å². The maximum absolute atomic E-state index is 12.4. The third kappa shape index (κ3) is 3.13. The Morgan fingerprint density at radius 3 is 2.68 bits per heavy atom. The topological polar surface area (TPSA) is 73.0 Å². The second kappa shape index (κ2) is 5.30. The largest absolute Gasteiger partial charge is 0.398 e. The summed E-state index contributed by atoms with van der Waals surface area (Å²) in [7, 11) is -3.49. The molecule has 0 unspecified atom stereocenters. The normalized spacial score (nSPS) is 11.5. The standard InChI is InChI=1S/C13H13BrN2O2S/c1-9-3-2-6-16-12(9)8-19(17,18)13-5-4-10(14)7-11(13)15/h2-7H,8,15H2,1H3. The predicted molar refractivity (Wildman–Crippen MR) is 78.4 cm³/mol. The monoisotopic (exact) mass is 340 g/mol. The van der Waals surface area contributed by atoms with Gasteiger partial charge in [-0.2, -0.15) is 0 Å². The van der Waals surface area contributed by atoms with E-state index in [-0.39, 0.29) is 16.3 Å². The van der Waals surface area contributed by atoms with Crippen molar-refractivity contribution in [1.29, 1.82) is 0 Å². The molecule has 6 heteroatoms. The van der Waals surface area contributed by atoms with Crippen LogP contribution in [0.25, 0.3) is 0 Å². The van der Waals surface area contributed by atoms with Crippen LogP contribution in [0.3, 0.4) is 0 Å². The zero-order valence-corrected chi connectivity index (χ0v) is 12.7. The van der Waals surface area contributed by atoms with Crippen LogP contribution < -0.4 is 5.73 Å². The van der Waals surface area contributed by atoms with Gasteiger partial charge in [0.2, 0.25) is 0 Å². The molecule has 0 bridgehead atoms. The van der Waals surface area contributed by atoms with Crippen LogP contribution in [-0.4, -0.2) is 13.4 Å². The minimum Gasteiger partial charge on any atom is -0.398 e. The zero-order chi connectivity index (χ0) is 14.0. The van der Waals surface area contributed by atoms with Gasteiger partial charge in [0, 0.05) is 10.7 Å². The number of sulfone groups is 1. The van der Waals surface area contributed by atoms with Crippen molar-refractivity contribution in [1.82, 2.24) is 4.98 Å². The number of hydrogen-bond acceptors (Lipinski definition) is 4. The number of nitrogens with zero attached hydrogens (tertiary/aromatic N) is 1. The molecule has 0 fully saturated rings. The maximum Gasteiger partial charge on any atom is 0.186 e. The number of rotatable bonds is 3.